The Morgan fingerprint density at radius 1 is 1.35 bits per heavy atom. The summed E-state index contributed by atoms with van der Waals surface area (Å²) >= 11 is 1.25. The molecule has 0 aliphatic carbocycles. The number of hydrogen-bond donors (Lipinski definition) is 1. The second-order valence-corrected chi connectivity index (χ2v) is 5.60. The van der Waals surface area contributed by atoms with Crippen LogP contribution in [0.2, 0.25) is 0 Å². The Bertz CT molecular complexity index is 722. The molecule has 2 aromatic heterocycles. The van der Waals surface area contributed by atoms with Crippen molar-refractivity contribution in [1.82, 2.24) is 15.0 Å². The fourth-order valence-corrected chi connectivity index (χ4v) is 2.97. The molecule has 1 N–H and O–H groups in total. The number of aromatic nitrogens is 3. The minimum Gasteiger partial charge on any atom is -0.417 e. The molecule has 2 rings (SSSR count). The number of aryl methyl sites for hydroxylation is 1. The van der Waals surface area contributed by atoms with Gasteiger partial charge in [-0.2, -0.15) is 8.78 Å². The number of H-pyrrole nitrogens is 1. The minimum absolute atomic E-state index is 0.113. The van der Waals surface area contributed by atoms with Crippen molar-refractivity contribution in [1.29, 1.82) is 0 Å². The van der Waals surface area contributed by atoms with Crippen LogP contribution < -0.4 is 10.3 Å². The summed E-state index contributed by atoms with van der Waals surface area (Å²) in [5.74, 6) is 0.200. The highest BCUT2D eigenvalue weighted by atomic mass is 32.2. The third kappa shape index (κ3) is 4.51. The van der Waals surface area contributed by atoms with Crippen LogP contribution in [0.3, 0.4) is 0 Å². The summed E-state index contributed by atoms with van der Waals surface area (Å²) < 4.78 is 29.1. The van der Waals surface area contributed by atoms with Gasteiger partial charge in [-0.25, -0.2) is 9.97 Å². The number of alkyl halides is 2. The van der Waals surface area contributed by atoms with Gasteiger partial charge < -0.3 is 9.72 Å². The van der Waals surface area contributed by atoms with E-state index in [1.54, 1.807) is 12.1 Å². The zero-order chi connectivity index (χ0) is 16.8. The lowest BCUT2D eigenvalue weighted by atomic mass is 10.1. The van der Waals surface area contributed by atoms with Crippen molar-refractivity contribution in [2.45, 2.75) is 44.2 Å². The van der Waals surface area contributed by atoms with Gasteiger partial charge in [-0.1, -0.05) is 31.7 Å². The fourth-order valence-electron chi connectivity index (χ4n) is 2.12. The number of pyridine rings is 1. The van der Waals surface area contributed by atoms with Gasteiger partial charge in [0.2, 0.25) is 5.88 Å². The molecular weight excluding hydrogens is 324 g/mol. The number of halogens is 2. The molecule has 0 spiro atoms. The molecule has 0 fully saturated rings. The van der Waals surface area contributed by atoms with Gasteiger partial charge in [0.1, 0.15) is 0 Å². The second-order valence-electron chi connectivity index (χ2n) is 4.64. The molecular formula is C15H17F2N3O2S. The van der Waals surface area contributed by atoms with Gasteiger partial charge in [0.25, 0.3) is 5.56 Å². The Labute approximate surface area is 136 Å². The van der Waals surface area contributed by atoms with Gasteiger partial charge in [-0.05, 0) is 18.9 Å². The number of hydrogen-bond acceptors (Lipinski definition) is 5. The number of thioether (sulfide) groups is 1. The van der Waals surface area contributed by atoms with Crippen LogP contribution in [0, 0.1) is 0 Å². The van der Waals surface area contributed by atoms with Gasteiger partial charge in [0.15, 0.2) is 5.16 Å². The van der Waals surface area contributed by atoms with E-state index < -0.39 is 6.61 Å². The first-order chi connectivity index (χ1) is 11.0. The van der Waals surface area contributed by atoms with Gasteiger partial charge in [-0.3, -0.25) is 4.79 Å². The second kappa shape index (κ2) is 8.05. The van der Waals surface area contributed by atoms with Crippen molar-refractivity contribution < 1.29 is 13.5 Å². The molecule has 0 aliphatic heterocycles. The molecule has 124 valence electrons. The van der Waals surface area contributed by atoms with E-state index in [0.29, 0.717) is 34.9 Å². The van der Waals surface area contributed by atoms with E-state index in [-0.39, 0.29) is 11.4 Å². The Hall–Kier alpha value is -1.96. The van der Waals surface area contributed by atoms with E-state index in [1.165, 1.54) is 18.0 Å². The highest BCUT2D eigenvalue weighted by Crippen LogP contribution is 2.25. The van der Waals surface area contributed by atoms with E-state index in [4.69, 9.17) is 0 Å². The molecule has 23 heavy (non-hydrogen) atoms. The molecule has 0 bridgehead atoms. The van der Waals surface area contributed by atoms with E-state index in [1.807, 2.05) is 13.8 Å². The topological polar surface area (TPSA) is 67.9 Å². The SMILES string of the molecule is CCc1nc(SCc2cccnc2OC(F)F)[nH]c(=O)c1CC. The first kappa shape index (κ1) is 17.4. The van der Waals surface area contributed by atoms with E-state index in [2.05, 4.69) is 19.7 Å². The maximum Gasteiger partial charge on any atom is 0.388 e. The highest BCUT2D eigenvalue weighted by molar-refractivity contribution is 7.98. The Balaban J connectivity index is 2.19. The van der Waals surface area contributed by atoms with Crippen LogP contribution >= 0.6 is 11.8 Å². The number of ether oxygens (including phenoxy) is 1. The minimum atomic E-state index is -2.93. The number of nitrogens with zero attached hydrogens (tertiary/aromatic N) is 2. The Morgan fingerprint density at radius 2 is 2.13 bits per heavy atom. The zero-order valence-corrected chi connectivity index (χ0v) is 13.6. The normalized spacial score (nSPS) is 11.0. The highest BCUT2D eigenvalue weighted by Gasteiger charge is 2.13. The van der Waals surface area contributed by atoms with Crippen LogP contribution in [0.1, 0.15) is 30.7 Å². The molecule has 0 radical (unpaired) electrons. The largest absolute Gasteiger partial charge is 0.417 e. The number of nitrogens with one attached hydrogen (secondary N) is 1. The smallest absolute Gasteiger partial charge is 0.388 e. The summed E-state index contributed by atoms with van der Waals surface area (Å²) in [5.41, 5.74) is 1.80. The third-order valence-corrected chi connectivity index (χ3v) is 4.11. The molecule has 5 nitrogen and oxygen atoms in total. The van der Waals surface area contributed by atoms with E-state index >= 15 is 0 Å². The van der Waals surface area contributed by atoms with Crippen molar-refractivity contribution in [3.8, 4) is 5.88 Å². The maximum absolute atomic E-state index is 12.4. The molecule has 0 aliphatic rings. The van der Waals surface area contributed by atoms with Gasteiger partial charge >= 0.3 is 6.61 Å². The zero-order valence-electron chi connectivity index (χ0n) is 12.8. The summed E-state index contributed by atoms with van der Waals surface area (Å²) in [6.45, 7) is 0.912. The predicted octanol–water partition coefficient (Wildman–Crippen LogP) is 3.18. The monoisotopic (exact) mass is 341 g/mol. The van der Waals surface area contributed by atoms with Crippen molar-refractivity contribution >= 4 is 11.8 Å². The molecule has 0 saturated heterocycles. The van der Waals surface area contributed by atoms with Crippen LogP contribution in [0.15, 0.2) is 28.3 Å². The van der Waals surface area contributed by atoms with Gasteiger partial charge in [0, 0.05) is 23.1 Å². The van der Waals surface area contributed by atoms with Crippen LogP contribution in [-0.2, 0) is 18.6 Å². The van der Waals surface area contributed by atoms with Crippen molar-refractivity contribution in [2.75, 3.05) is 0 Å². The van der Waals surface area contributed by atoms with E-state index in [0.717, 1.165) is 5.69 Å². The average Bonchev–Trinajstić information content (AvgIpc) is 2.53. The molecule has 2 heterocycles. The average molecular weight is 341 g/mol. The quantitative estimate of drug-likeness (QED) is 0.619. The molecule has 0 unspecified atom stereocenters. The summed E-state index contributed by atoms with van der Waals surface area (Å²) in [5, 5.41) is 0.455. The summed E-state index contributed by atoms with van der Waals surface area (Å²) in [7, 11) is 0. The molecule has 0 saturated carbocycles. The lowest BCUT2D eigenvalue weighted by molar-refractivity contribution is -0.0533. The van der Waals surface area contributed by atoms with Crippen LogP contribution in [0.4, 0.5) is 8.78 Å². The third-order valence-electron chi connectivity index (χ3n) is 3.18. The standard InChI is InChI=1S/C15H17F2N3O2S/c1-3-10-11(4-2)19-15(20-12(10)21)23-8-9-6-5-7-18-13(9)22-14(16)17/h5-7,14H,3-4,8H2,1-2H3,(H,19,20,21). The van der Waals surface area contributed by atoms with Crippen LogP contribution in [0.5, 0.6) is 5.88 Å². The molecule has 0 aromatic carbocycles. The van der Waals surface area contributed by atoms with Crippen molar-refractivity contribution in [3.05, 3.63) is 45.5 Å². The number of rotatable bonds is 7. The number of aromatic amines is 1. The Morgan fingerprint density at radius 3 is 2.78 bits per heavy atom. The molecule has 8 heteroatoms. The molecule has 0 amide bonds. The lowest BCUT2D eigenvalue weighted by Gasteiger charge is -2.10. The van der Waals surface area contributed by atoms with E-state index in [9.17, 15) is 13.6 Å². The molecule has 2 aromatic rings. The first-order valence-corrected chi connectivity index (χ1v) is 8.17. The van der Waals surface area contributed by atoms with Crippen LogP contribution in [-0.4, -0.2) is 21.6 Å². The Kier molecular flexibility index (Phi) is 6.09. The van der Waals surface area contributed by atoms with Gasteiger partial charge in [-0.15, -0.1) is 0 Å². The summed E-state index contributed by atoms with van der Waals surface area (Å²) in [6, 6.07) is 3.29. The van der Waals surface area contributed by atoms with Crippen LogP contribution in [0.25, 0.3) is 0 Å². The fraction of sp³-hybridized carbons (Fsp3) is 0.400. The van der Waals surface area contributed by atoms with Gasteiger partial charge in [0.05, 0.1) is 5.69 Å². The summed E-state index contributed by atoms with van der Waals surface area (Å²) in [4.78, 5) is 23.0. The predicted molar refractivity (Wildman–Crippen MR) is 84.0 cm³/mol. The van der Waals surface area contributed by atoms with Crippen molar-refractivity contribution in [2.24, 2.45) is 0 Å². The first-order valence-electron chi connectivity index (χ1n) is 7.18. The van der Waals surface area contributed by atoms with Crippen molar-refractivity contribution in [3.63, 3.8) is 0 Å². The molecule has 0 atom stereocenters. The lowest BCUT2D eigenvalue weighted by Crippen LogP contribution is -2.17. The summed E-state index contributed by atoms with van der Waals surface area (Å²) in [6.07, 6.45) is 2.66. The maximum atomic E-state index is 12.4.